The van der Waals surface area contributed by atoms with Crippen molar-refractivity contribution in [3.8, 4) is 0 Å². The summed E-state index contributed by atoms with van der Waals surface area (Å²) >= 11 is 0. The van der Waals surface area contributed by atoms with Gasteiger partial charge in [-0.25, -0.2) is 9.78 Å². The number of carboxylic acids is 1. The van der Waals surface area contributed by atoms with E-state index in [2.05, 4.69) is 4.98 Å². The fraction of sp³-hybridized carbons (Fsp3) is 0.429. The largest absolute Gasteiger partial charge is 0.478 e. The number of benzene rings is 1. The maximum atomic E-state index is 11.0. The molecule has 0 radical (unpaired) electrons. The SMILES string of the molecule is CCOCCCn1c(C)nc2ccc(C(=O)O)cc21. The monoisotopic (exact) mass is 262 g/mol. The average Bonchev–Trinajstić information content (AvgIpc) is 2.70. The normalized spacial score (nSPS) is 11.1. The minimum atomic E-state index is -0.915. The molecular formula is C14H18N2O3. The van der Waals surface area contributed by atoms with Crippen LogP contribution >= 0.6 is 0 Å². The molecule has 5 nitrogen and oxygen atoms in total. The maximum Gasteiger partial charge on any atom is 0.335 e. The third-order valence-electron chi connectivity index (χ3n) is 3.06. The average molecular weight is 262 g/mol. The smallest absolute Gasteiger partial charge is 0.335 e. The Hall–Kier alpha value is -1.88. The summed E-state index contributed by atoms with van der Waals surface area (Å²) < 4.78 is 7.36. The first-order chi connectivity index (χ1) is 9.13. The van der Waals surface area contributed by atoms with Crippen LogP contribution in [0.3, 0.4) is 0 Å². The van der Waals surface area contributed by atoms with Gasteiger partial charge in [-0.1, -0.05) is 0 Å². The van der Waals surface area contributed by atoms with Crippen LogP contribution in [0.2, 0.25) is 0 Å². The molecule has 1 aromatic carbocycles. The Morgan fingerprint density at radius 1 is 1.47 bits per heavy atom. The predicted molar refractivity (Wildman–Crippen MR) is 72.5 cm³/mol. The second-order valence-corrected chi connectivity index (χ2v) is 4.37. The summed E-state index contributed by atoms with van der Waals surface area (Å²) in [6, 6.07) is 5.02. The van der Waals surface area contributed by atoms with E-state index in [9.17, 15) is 4.79 Å². The van der Waals surface area contributed by atoms with E-state index in [4.69, 9.17) is 9.84 Å². The molecule has 0 saturated heterocycles. The molecule has 0 amide bonds. The van der Waals surface area contributed by atoms with Crippen LogP contribution in [-0.4, -0.2) is 33.8 Å². The molecule has 102 valence electrons. The first kappa shape index (κ1) is 13.5. The molecule has 1 N–H and O–H groups in total. The van der Waals surface area contributed by atoms with Gasteiger partial charge >= 0.3 is 5.97 Å². The van der Waals surface area contributed by atoms with Gasteiger partial charge in [-0.3, -0.25) is 0 Å². The fourth-order valence-electron chi connectivity index (χ4n) is 2.13. The summed E-state index contributed by atoms with van der Waals surface area (Å²) in [5, 5.41) is 9.04. The number of aryl methyl sites for hydroxylation is 2. The van der Waals surface area contributed by atoms with Crippen molar-refractivity contribution in [2.45, 2.75) is 26.8 Å². The van der Waals surface area contributed by atoms with E-state index >= 15 is 0 Å². The Balaban J connectivity index is 2.28. The highest BCUT2D eigenvalue weighted by Gasteiger charge is 2.10. The third kappa shape index (κ3) is 2.93. The van der Waals surface area contributed by atoms with Gasteiger partial charge in [0.15, 0.2) is 0 Å². The minimum absolute atomic E-state index is 0.290. The van der Waals surface area contributed by atoms with Crippen LogP contribution in [0.5, 0.6) is 0 Å². The van der Waals surface area contributed by atoms with Crippen molar-refractivity contribution in [2.24, 2.45) is 0 Å². The van der Waals surface area contributed by atoms with E-state index in [0.717, 1.165) is 29.8 Å². The van der Waals surface area contributed by atoms with Crippen LogP contribution in [0.4, 0.5) is 0 Å². The molecule has 0 unspecified atom stereocenters. The highest BCUT2D eigenvalue weighted by molar-refractivity contribution is 5.92. The molecule has 0 bridgehead atoms. The van der Waals surface area contributed by atoms with E-state index in [1.807, 2.05) is 18.4 Å². The molecular weight excluding hydrogens is 244 g/mol. The molecule has 0 spiro atoms. The van der Waals surface area contributed by atoms with E-state index in [1.54, 1.807) is 18.2 Å². The number of imidazole rings is 1. The molecule has 1 heterocycles. The van der Waals surface area contributed by atoms with Crippen molar-refractivity contribution in [1.29, 1.82) is 0 Å². The van der Waals surface area contributed by atoms with Crippen molar-refractivity contribution in [3.63, 3.8) is 0 Å². The molecule has 0 aliphatic heterocycles. The molecule has 0 saturated carbocycles. The quantitative estimate of drug-likeness (QED) is 0.812. The number of hydrogen-bond donors (Lipinski definition) is 1. The topological polar surface area (TPSA) is 64.4 Å². The number of ether oxygens (including phenoxy) is 1. The van der Waals surface area contributed by atoms with Gasteiger partial charge in [-0.15, -0.1) is 0 Å². The van der Waals surface area contributed by atoms with Crippen molar-refractivity contribution in [2.75, 3.05) is 13.2 Å². The molecule has 0 atom stereocenters. The molecule has 5 heteroatoms. The van der Waals surface area contributed by atoms with Gasteiger partial charge in [0.05, 0.1) is 16.6 Å². The summed E-state index contributed by atoms with van der Waals surface area (Å²) in [6.07, 6.45) is 0.886. The summed E-state index contributed by atoms with van der Waals surface area (Å²) in [7, 11) is 0. The van der Waals surface area contributed by atoms with Crippen LogP contribution in [0.1, 0.15) is 29.5 Å². The number of hydrogen-bond acceptors (Lipinski definition) is 3. The highest BCUT2D eigenvalue weighted by Crippen LogP contribution is 2.18. The van der Waals surface area contributed by atoms with Gasteiger partial charge in [-0.05, 0) is 38.5 Å². The lowest BCUT2D eigenvalue weighted by atomic mass is 10.2. The fourth-order valence-corrected chi connectivity index (χ4v) is 2.13. The number of rotatable bonds is 6. The Morgan fingerprint density at radius 2 is 2.26 bits per heavy atom. The van der Waals surface area contributed by atoms with E-state index in [1.165, 1.54) is 0 Å². The van der Waals surface area contributed by atoms with E-state index in [0.29, 0.717) is 18.8 Å². The van der Waals surface area contributed by atoms with Crippen LogP contribution in [-0.2, 0) is 11.3 Å². The van der Waals surface area contributed by atoms with Gasteiger partial charge < -0.3 is 14.4 Å². The van der Waals surface area contributed by atoms with E-state index in [-0.39, 0.29) is 0 Å². The number of aromatic carboxylic acids is 1. The van der Waals surface area contributed by atoms with Crippen LogP contribution in [0.25, 0.3) is 11.0 Å². The summed E-state index contributed by atoms with van der Waals surface area (Å²) in [5.74, 6) is -0.0179. The molecule has 0 aliphatic carbocycles. The van der Waals surface area contributed by atoms with Crippen molar-refractivity contribution in [1.82, 2.24) is 9.55 Å². The Labute approximate surface area is 111 Å². The minimum Gasteiger partial charge on any atom is -0.478 e. The van der Waals surface area contributed by atoms with Gasteiger partial charge in [-0.2, -0.15) is 0 Å². The maximum absolute atomic E-state index is 11.0. The molecule has 0 fully saturated rings. The summed E-state index contributed by atoms with van der Waals surface area (Å²) in [5.41, 5.74) is 1.99. The highest BCUT2D eigenvalue weighted by atomic mass is 16.5. The zero-order chi connectivity index (χ0) is 13.8. The first-order valence-corrected chi connectivity index (χ1v) is 6.41. The molecule has 2 rings (SSSR count). The van der Waals surface area contributed by atoms with Crippen molar-refractivity contribution >= 4 is 17.0 Å². The Kier molecular flexibility index (Phi) is 4.16. The van der Waals surface area contributed by atoms with E-state index < -0.39 is 5.97 Å². The second kappa shape index (κ2) is 5.84. The summed E-state index contributed by atoms with van der Waals surface area (Å²) in [4.78, 5) is 15.5. The predicted octanol–water partition coefficient (Wildman–Crippen LogP) is 2.47. The van der Waals surface area contributed by atoms with Gasteiger partial charge in [0.1, 0.15) is 5.82 Å². The van der Waals surface area contributed by atoms with Crippen LogP contribution < -0.4 is 0 Å². The van der Waals surface area contributed by atoms with Gasteiger partial charge in [0.2, 0.25) is 0 Å². The van der Waals surface area contributed by atoms with Crippen molar-refractivity contribution in [3.05, 3.63) is 29.6 Å². The second-order valence-electron chi connectivity index (χ2n) is 4.37. The number of fused-ring (bicyclic) bond motifs is 1. The lowest BCUT2D eigenvalue weighted by molar-refractivity contribution is 0.0697. The molecule has 2 aromatic rings. The number of carboxylic acid groups (broad SMARTS) is 1. The number of carbonyl (C=O) groups is 1. The van der Waals surface area contributed by atoms with Crippen LogP contribution in [0, 0.1) is 6.92 Å². The molecule has 19 heavy (non-hydrogen) atoms. The molecule has 1 aromatic heterocycles. The molecule has 0 aliphatic rings. The summed E-state index contributed by atoms with van der Waals surface area (Å²) in [6.45, 7) is 6.10. The lowest BCUT2D eigenvalue weighted by Crippen LogP contribution is -2.05. The standard InChI is InChI=1S/C14H18N2O3/c1-3-19-8-4-7-16-10(2)15-12-6-5-11(14(17)18)9-13(12)16/h5-6,9H,3-4,7-8H2,1-2H3,(H,17,18). The third-order valence-corrected chi connectivity index (χ3v) is 3.06. The zero-order valence-corrected chi connectivity index (χ0v) is 11.2. The lowest BCUT2D eigenvalue weighted by Gasteiger charge is -2.07. The van der Waals surface area contributed by atoms with Gasteiger partial charge in [0.25, 0.3) is 0 Å². The number of nitrogens with zero attached hydrogens (tertiary/aromatic N) is 2. The Bertz CT molecular complexity index is 590. The first-order valence-electron chi connectivity index (χ1n) is 6.41. The number of aromatic nitrogens is 2. The zero-order valence-electron chi connectivity index (χ0n) is 11.2. The van der Waals surface area contributed by atoms with Gasteiger partial charge in [0, 0.05) is 19.8 Å². The van der Waals surface area contributed by atoms with Crippen LogP contribution in [0.15, 0.2) is 18.2 Å². The van der Waals surface area contributed by atoms with Crippen molar-refractivity contribution < 1.29 is 14.6 Å². The Morgan fingerprint density at radius 3 is 2.95 bits per heavy atom.